The van der Waals surface area contributed by atoms with Crippen molar-refractivity contribution in [3.8, 4) is 0 Å². The fourth-order valence-electron chi connectivity index (χ4n) is 4.08. The first-order chi connectivity index (χ1) is 13.9. The summed E-state index contributed by atoms with van der Waals surface area (Å²) < 4.78 is 4.16. The Morgan fingerprint density at radius 3 is 2.52 bits per heavy atom. The third-order valence-corrected chi connectivity index (χ3v) is 5.93. The molecule has 1 fully saturated rings. The predicted molar refractivity (Wildman–Crippen MR) is 110 cm³/mol. The zero-order valence-corrected chi connectivity index (χ0v) is 16.7. The molecule has 0 spiro atoms. The fraction of sp³-hybridized carbons (Fsp3) is 0.429. The quantitative estimate of drug-likeness (QED) is 0.683. The Kier molecular flexibility index (Phi) is 4.86. The highest BCUT2D eigenvalue weighted by Crippen LogP contribution is 2.41. The SMILES string of the molecule is Cn1c(=O)c2c(ncn2CCCC(=O)NC2(c3ccccc3)CCC2)n(C)c1=O. The summed E-state index contributed by atoms with van der Waals surface area (Å²) in [5.74, 6) is 0.0123. The number of rotatable bonds is 6. The molecule has 0 radical (unpaired) electrons. The first kappa shape index (κ1) is 19.2. The van der Waals surface area contributed by atoms with Crippen molar-refractivity contribution in [2.75, 3.05) is 0 Å². The van der Waals surface area contributed by atoms with Crippen molar-refractivity contribution in [1.29, 1.82) is 0 Å². The van der Waals surface area contributed by atoms with Crippen LogP contribution in [0.5, 0.6) is 0 Å². The van der Waals surface area contributed by atoms with Crippen molar-refractivity contribution in [1.82, 2.24) is 24.0 Å². The number of carbonyl (C=O) groups excluding carboxylic acids is 1. The highest BCUT2D eigenvalue weighted by molar-refractivity contribution is 5.77. The second kappa shape index (κ2) is 7.35. The molecule has 0 bridgehead atoms. The Labute approximate surface area is 167 Å². The van der Waals surface area contributed by atoms with Crippen molar-refractivity contribution >= 4 is 17.1 Å². The largest absolute Gasteiger partial charge is 0.347 e. The number of amides is 1. The maximum Gasteiger partial charge on any atom is 0.332 e. The van der Waals surface area contributed by atoms with Gasteiger partial charge in [0.2, 0.25) is 5.91 Å². The van der Waals surface area contributed by atoms with Crippen LogP contribution in [0.25, 0.3) is 11.2 Å². The molecule has 2 heterocycles. The number of fused-ring (bicyclic) bond motifs is 1. The highest BCUT2D eigenvalue weighted by Gasteiger charge is 2.39. The summed E-state index contributed by atoms with van der Waals surface area (Å²) in [6.07, 6.45) is 5.52. The van der Waals surface area contributed by atoms with E-state index in [0.717, 1.165) is 29.4 Å². The number of benzene rings is 1. The summed E-state index contributed by atoms with van der Waals surface area (Å²) in [4.78, 5) is 41.3. The van der Waals surface area contributed by atoms with Crippen LogP contribution in [-0.2, 0) is 31.0 Å². The normalized spacial score (nSPS) is 15.2. The molecule has 0 saturated heterocycles. The van der Waals surface area contributed by atoms with Crippen molar-refractivity contribution < 1.29 is 4.79 Å². The fourth-order valence-corrected chi connectivity index (χ4v) is 4.08. The van der Waals surface area contributed by atoms with E-state index in [0.29, 0.717) is 30.6 Å². The lowest BCUT2D eigenvalue weighted by molar-refractivity contribution is -0.124. The van der Waals surface area contributed by atoms with Crippen LogP contribution in [0.3, 0.4) is 0 Å². The molecule has 1 N–H and O–H groups in total. The lowest BCUT2D eigenvalue weighted by Gasteiger charge is -2.43. The number of hydrogen-bond donors (Lipinski definition) is 1. The third kappa shape index (κ3) is 3.28. The second-order valence-electron chi connectivity index (χ2n) is 7.77. The molecule has 0 aliphatic heterocycles. The zero-order valence-electron chi connectivity index (χ0n) is 16.7. The van der Waals surface area contributed by atoms with Gasteiger partial charge in [0.1, 0.15) is 0 Å². The highest BCUT2D eigenvalue weighted by atomic mass is 16.2. The Morgan fingerprint density at radius 1 is 1.14 bits per heavy atom. The molecule has 3 aromatic rings. The average molecular weight is 395 g/mol. The number of nitrogens with zero attached hydrogens (tertiary/aromatic N) is 4. The molecule has 0 unspecified atom stereocenters. The molecule has 0 atom stereocenters. The van der Waals surface area contributed by atoms with Crippen LogP contribution in [0.2, 0.25) is 0 Å². The number of aryl methyl sites for hydroxylation is 2. The molecule has 2 aromatic heterocycles. The number of imidazole rings is 1. The summed E-state index contributed by atoms with van der Waals surface area (Å²) in [6, 6.07) is 10.1. The van der Waals surface area contributed by atoms with Crippen LogP contribution in [0.4, 0.5) is 0 Å². The van der Waals surface area contributed by atoms with Gasteiger partial charge >= 0.3 is 5.69 Å². The maximum atomic E-state index is 12.6. The number of carbonyl (C=O) groups is 1. The van der Waals surface area contributed by atoms with Gasteiger partial charge in [-0.1, -0.05) is 30.3 Å². The minimum atomic E-state index is -0.404. The topological polar surface area (TPSA) is 90.9 Å². The van der Waals surface area contributed by atoms with Crippen LogP contribution >= 0.6 is 0 Å². The van der Waals surface area contributed by atoms with E-state index < -0.39 is 5.69 Å². The minimum Gasteiger partial charge on any atom is -0.347 e. The van der Waals surface area contributed by atoms with Gasteiger partial charge in [0.15, 0.2) is 11.2 Å². The Bertz CT molecular complexity index is 1170. The molecule has 1 amide bonds. The number of aromatic nitrogens is 4. The van der Waals surface area contributed by atoms with E-state index in [1.807, 2.05) is 18.2 Å². The summed E-state index contributed by atoms with van der Waals surface area (Å²) in [5, 5.41) is 3.23. The molecule has 29 heavy (non-hydrogen) atoms. The van der Waals surface area contributed by atoms with E-state index in [2.05, 4.69) is 22.4 Å². The van der Waals surface area contributed by atoms with Crippen LogP contribution in [0.15, 0.2) is 46.2 Å². The van der Waals surface area contributed by atoms with Crippen molar-refractivity contribution in [2.45, 2.75) is 44.2 Å². The zero-order chi connectivity index (χ0) is 20.6. The molecule has 8 nitrogen and oxygen atoms in total. The van der Waals surface area contributed by atoms with Crippen molar-refractivity contribution in [3.05, 3.63) is 63.1 Å². The van der Waals surface area contributed by atoms with Crippen molar-refractivity contribution in [3.63, 3.8) is 0 Å². The predicted octanol–water partition coefficient (Wildman–Crippen LogP) is 1.41. The van der Waals surface area contributed by atoms with Crippen LogP contribution in [0, 0.1) is 0 Å². The van der Waals surface area contributed by atoms with Gasteiger partial charge in [-0.25, -0.2) is 9.78 Å². The maximum absolute atomic E-state index is 12.6. The summed E-state index contributed by atoms with van der Waals surface area (Å²) >= 11 is 0. The van der Waals surface area contributed by atoms with Gasteiger partial charge in [-0.15, -0.1) is 0 Å². The molecule has 4 rings (SSSR count). The Hall–Kier alpha value is -3.16. The van der Waals surface area contributed by atoms with Gasteiger partial charge < -0.3 is 9.88 Å². The smallest absolute Gasteiger partial charge is 0.332 e. The van der Waals surface area contributed by atoms with Gasteiger partial charge in [0.25, 0.3) is 5.56 Å². The van der Waals surface area contributed by atoms with Gasteiger partial charge in [0, 0.05) is 27.1 Å². The second-order valence-corrected chi connectivity index (χ2v) is 7.77. The molecule has 152 valence electrons. The van der Waals surface area contributed by atoms with Crippen LogP contribution in [0.1, 0.15) is 37.7 Å². The third-order valence-electron chi connectivity index (χ3n) is 5.93. The molecular formula is C21H25N5O3. The van der Waals surface area contributed by atoms with E-state index >= 15 is 0 Å². The minimum absolute atomic E-state index is 0.0123. The van der Waals surface area contributed by atoms with Crippen LogP contribution in [-0.4, -0.2) is 24.6 Å². The van der Waals surface area contributed by atoms with Gasteiger partial charge in [-0.05, 0) is 31.2 Å². The summed E-state index contributed by atoms with van der Waals surface area (Å²) in [7, 11) is 3.05. The van der Waals surface area contributed by atoms with Gasteiger partial charge in [-0.2, -0.15) is 0 Å². The lowest BCUT2D eigenvalue weighted by atomic mass is 9.71. The Morgan fingerprint density at radius 2 is 1.86 bits per heavy atom. The standard InChI is InChI=1S/C21H25N5O3/c1-24-18-17(19(28)25(2)20(24)29)26(14-22-18)13-6-10-16(27)23-21(11-7-12-21)15-8-4-3-5-9-15/h3-5,8-9,14H,6-7,10-13H2,1-2H3,(H,23,27). The molecular weight excluding hydrogens is 370 g/mol. The van der Waals surface area contributed by atoms with E-state index in [1.165, 1.54) is 11.6 Å². The van der Waals surface area contributed by atoms with Crippen LogP contribution < -0.4 is 16.6 Å². The number of nitrogens with one attached hydrogen (secondary N) is 1. The monoisotopic (exact) mass is 395 g/mol. The van der Waals surface area contributed by atoms with E-state index in [9.17, 15) is 14.4 Å². The van der Waals surface area contributed by atoms with E-state index in [1.54, 1.807) is 17.9 Å². The molecule has 1 aliphatic carbocycles. The van der Waals surface area contributed by atoms with Gasteiger partial charge in [-0.3, -0.25) is 18.7 Å². The lowest BCUT2D eigenvalue weighted by Crippen LogP contribution is -2.50. The summed E-state index contributed by atoms with van der Waals surface area (Å²) in [6.45, 7) is 0.482. The van der Waals surface area contributed by atoms with Gasteiger partial charge in [0.05, 0.1) is 11.9 Å². The molecule has 8 heteroatoms. The van der Waals surface area contributed by atoms with E-state index in [4.69, 9.17) is 0 Å². The van der Waals surface area contributed by atoms with Crippen molar-refractivity contribution in [2.24, 2.45) is 14.1 Å². The molecule has 1 aromatic carbocycles. The molecule has 1 saturated carbocycles. The first-order valence-electron chi connectivity index (χ1n) is 9.90. The molecule has 1 aliphatic rings. The summed E-state index contributed by atoms with van der Waals surface area (Å²) in [5.41, 5.74) is 0.884. The Balaban J connectivity index is 1.44. The van der Waals surface area contributed by atoms with E-state index in [-0.39, 0.29) is 17.0 Å². The average Bonchev–Trinajstić information content (AvgIpc) is 3.12. The first-order valence-corrected chi connectivity index (χ1v) is 9.90. The number of hydrogen-bond acceptors (Lipinski definition) is 4.